The summed E-state index contributed by atoms with van der Waals surface area (Å²) in [7, 11) is 0. The summed E-state index contributed by atoms with van der Waals surface area (Å²) in [5.74, 6) is 2.92. The average Bonchev–Trinajstić information content (AvgIpc) is 3.40. The van der Waals surface area contributed by atoms with Gasteiger partial charge in [0.2, 0.25) is 0 Å². The molecule has 0 atom stereocenters. The van der Waals surface area contributed by atoms with Gasteiger partial charge in [0.1, 0.15) is 17.4 Å². The van der Waals surface area contributed by atoms with Gasteiger partial charge in [-0.2, -0.15) is 5.10 Å². The second-order valence-electron chi connectivity index (χ2n) is 8.04. The van der Waals surface area contributed by atoms with Crippen LogP contribution in [0.2, 0.25) is 0 Å². The monoisotopic (exact) mass is 416 g/mol. The van der Waals surface area contributed by atoms with Crippen molar-refractivity contribution in [2.24, 2.45) is 0 Å². The molecular formula is C24H28N6O. The lowest BCUT2D eigenvalue weighted by molar-refractivity contribution is 0.260. The first-order chi connectivity index (χ1) is 15.3. The third-order valence-corrected chi connectivity index (χ3v) is 5.78. The van der Waals surface area contributed by atoms with E-state index < -0.39 is 0 Å². The predicted octanol–water partition coefficient (Wildman–Crippen LogP) is 4.07. The van der Waals surface area contributed by atoms with Crippen LogP contribution in [0.3, 0.4) is 0 Å². The lowest BCUT2D eigenvalue weighted by Crippen LogP contribution is -2.31. The molecule has 4 aromatic rings. The van der Waals surface area contributed by atoms with Crippen LogP contribution in [0.25, 0.3) is 16.7 Å². The molecule has 0 N–H and O–H groups in total. The number of hydrogen-bond donors (Lipinski definition) is 0. The van der Waals surface area contributed by atoms with Crippen LogP contribution in [0.4, 0.5) is 5.82 Å². The molecule has 0 spiro atoms. The zero-order valence-electron chi connectivity index (χ0n) is 17.9. The SMILES string of the molecule is CCCc1nc(N2CCCN(Cc3ccco3)CC2)c2cnn(-c3ccccc3)c2n1. The van der Waals surface area contributed by atoms with E-state index in [1.807, 2.05) is 41.2 Å². The van der Waals surface area contributed by atoms with E-state index in [0.29, 0.717) is 0 Å². The highest BCUT2D eigenvalue weighted by Gasteiger charge is 2.22. The van der Waals surface area contributed by atoms with E-state index in [2.05, 4.69) is 34.0 Å². The van der Waals surface area contributed by atoms with Crippen LogP contribution in [0, 0.1) is 0 Å². The molecule has 5 rings (SSSR count). The highest BCUT2D eigenvalue weighted by molar-refractivity contribution is 5.88. The number of aromatic nitrogens is 4. The summed E-state index contributed by atoms with van der Waals surface area (Å²) in [6, 6.07) is 14.2. The van der Waals surface area contributed by atoms with Gasteiger partial charge in [-0.3, -0.25) is 4.90 Å². The maximum atomic E-state index is 5.55. The number of para-hydroxylation sites is 1. The topological polar surface area (TPSA) is 63.2 Å². The molecule has 0 aliphatic carbocycles. The number of nitrogens with zero attached hydrogens (tertiary/aromatic N) is 6. The number of furan rings is 1. The molecular weight excluding hydrogens is 388 g/mol. The van der Waals surface area contributed by atoms with Crippen molar-refractivity contribution in [3.8, 4) is 5.69 Å². The van der Waals surface area contributed by atoms with Crippen molar-refractivity contribution in [1.29, 1.82) is 0 Å². The molecule has 1 fully saturated rings. The van der Waals surface area contributed by atoms with Crippen molar-refractivity contribution in [2.45, 2.75) is 32.7 Å². The van der Waals surface area contributed by atoms with Gasteiger partial charge in [0, 0.05) is 32.6 Å². The minimum absolute atomic E-state index is 0.854. The van der Waals surface area contributed by atoms with Crippen LogP contribution in [0.1, 0.15) is 31.4 Å². The van der Waals surface area contributed by atoms with Crippen molar-refractivity contribution < 1.29 is 4.42 Å². The fraction of sp³-hybridized carbons (Fsp3) is 0.375. The van der Waals surface area contributed by atoms with E-state index in [1.54, 1.807) is 6.26 Å². The Bertz CT molecular complexity index is 1120. The largest absolute Gasteiger partial charge is 0.468 e. The van der Waals surface area contributed by atoms with Crippen molar-refractivity contribution in [2.75, 3.05) is 31.1 Å². The first-order valence-electron chi connectivity index (χ1n) is 11.1. The number of hydrogen-bond acceptors (Lipinski definition) is 6. The molecule has 0 saturated carbocycles. The fourth-order valence-electron chi connectivity index (χ4n) is 4.24. The Morgan fingerprint density at radius 2 is 1.87 bits per heavy atom. The normalized spacial score (nSPS) is 15.5. The Morgan fingerprint density at radius 1 is 0.968 bits per heavy atom. The Labute approximate surface area is 182 Å². The van der Waals surface area contributed by atoms with Crippen LogP contribution in [0.15, 0.2) is 59.3 Å². The maximum absolute atomic E-state index is 5.55. The van der Waals surface area contributed by atoms with Gasteiger partial charge in [-0.25, -0.2) is 14.6 Å². The number of fused-ring (bicyclic) bond motifs is 1. The molecule has 4 heterocycles. The summed E-state index contributed by atoms with van der Waals surface area (Å²) in [6.07, 6.45) is 6.63. The lowest BCUT2D eigenvalue weighted by Gasteiger charge is -2.23. The molecule has 0 radical (unpaired) electrons. The molecule has 0 unspecified atom stereocenters. The van der Waals surface area contributed by atoms with E-state index in [-0.39, 0.29) is 0 Å². The van der Waals surface area contributed by atoms with E-state index in [9.17, 15) is 0 Å². The first-order valence-corrected chi connectivity index (χ1v) is 11.1. The quantitative estimate of drug-likeness (QED) is 0.472. The van der Waals surface area contributed by atoms with E-state index in [4.69, 9.17) is 14.4 Å². The molecule has 7 heteroatoms. The molecule has 1 saturated heterocycles. The lowest BCUT2D eigenvalue weighted by atomic mass is 10.2. The van der Waals surface area contributed by atoms with Crippen LogP contribution in [-0.4, -0.2) is 50.8 Å². The molecule has 1 aromatic carbocycles. The van der Waals surface area contributed by atoms with Crippen LogP contribution in [-0.2, 0) is 13.0 Å². The first kappa shape index (κ1) is 19.8. The molecule has 3 aromatic heterocycles. The summed E-state index contributed by atoms with van der Waals surface area (Å²) < 4.78 is 7.48. The molecule has 0 bridgehead atoms. The van der Waals surface area contributed by atoms with Gasteiger partial charge >= 0.3 is 0 Å². The van der Waals surface area contributed by atoms with Gasteiger partial charge in [0.15, 0.2) is 5.65 Å². The molecule has 160 valence electrons. The molecule has 1 aliphatic rings. The summed E-state index contributed by atoms with van der Waals surface area (Å²) in [6.45, 7) is 6.95. The van der Waals surface area contributed by atoms with Gasteiger partial charge in [-0.15, -0.1) is 0 Å². The predicted molar refractivity (Wildman–Crippen MR) is 121 cm³/mol. The zero-order valence-corrected chi connectivity index (χ0v) is 17.9. The smallest absolute Gasteiger partial charge is 0.168 e. The van der Waals surface area contributed by atoms with Gasteiger partial charge in [-0.1, -0.05) is 25.1 Å². The summed E-state index contributed by atoms with van der Waals surface area (Å²) in [5.41, 5.74) is 1.90. The van der Waals surface area contributed by atoms with E-state index in [0.717, 1.165) is 86.1 Å². The van der Waals surface area contributed by atoms with Gasteiger partial charge in [0.25, 0.3) is 0 Å². The van der Waals surface area contributed by atoms with E-state index in [1.165, 1.54) is 0 Å². The van der Waals surface area contributed by atoms with Gasteiger partial charge in [-0.05, 0) is 37.1 Å². The number of benzene rings is 1. The Balaban J connectivity index is 1.46. The molecule has 7 nitrogen and oxygen atoms in total. The number of anilines is 1. The summed E-state index contributed by atoms with van der Waals surface area (Å²) in [4.78, 5) is 14.7. The van der Waals surface area contributed by atoms with Crippen LogP contribution < -0.4 is 4.90 Å². The fourth-order valence-corrected chi connectivity index (χ4v) is 4.24. The van der Waals surface area contributed by atoms with Crippen molar-refractivity contribution in [3.05, 3.63) is 66.5 Å². The second-order valence-corrected chi connectivity index (χ2v) is 8.04. The average molecular weight is 417 g/mol. The van der Waals surface area contributed by atoms with Gasteiger partial charge in [0.05, 0.1) is 30.1 Å². The highest BCUT2D eigenvalue weighted by Crippen LogP contribution is 2.27. The Kier molecular flexibility index (Phi) is 5.67. The molecule has 0 amide bonds. The third-order valence-electron chi connectivity index (χ3n) is 5.78. The Morgan fingerprint density at radius 3 is 2.68 bits per heavy atom. The van der Waals surface area contributed by atoms with Crippen molar-refractivity contribution >= 4 is 16.9 Å². The van der Waals surface area contributed by atoms with E-state index >= 15 is 0 Å². The minimum atomic E-state index is 0.854. The van der Waals surface area contributed by atoms with Crippen LogP contribution >= 0.6 is 0 Å². The minimum Gasteiger partial charge on any atom is -0.468 e. The number of rotatable bonds is 6. The van der Waals surface area contributed by atoms with Gasteiger partial charge < -0.3 is 9.32 Å². The maximum Gasteiger partial charge on any atom is 0.168 e. The van der Waals surface area contributed by atoms with Crippen molar-refractivity contribution in [3.63, 3.8) is 0 Å². The zero-order chi connectivity index (χ0) is 21.0. The Hall–Kier alpha value is -3.19. The highest BCUT2D eigenvalue weighted by atomic mass is 16.3. The summed E-state index contributed by atoms with van der Waals surface area (Å²) in [5, 5.41) is 5.69. The standard InChI is InChI=1S/C24H28N6O/c1-2-8-22-26-23(21-17-25-30(24(21)27-22)19-9-4-3-5-10-19)29-13-7-12-28(14-15-29)18-20-11-6-16-31-20/h3-6,9-11,16-17H,2,7-8,12-15,18H2,1H3. The second kappa shape index (κ2) is 8.89. The third kappa shape index (κ3) is 4.18. The van der Waals surface area contributed by atoms with Crippen LogP contribution in [0.5, 0.6) is 0 Å². The molecule has 1 aliphatic heterocycles. The molecule has 31 heavy (non-hydrogen) atoms. The summed E-state index contributed by atoms with van der Waals surface area (Å²) >= 11 is 0. The number of aryl methyl sites for hydroxylation is 1. The van der Waals surface area contributed by atoms with Crippen molar-refractivity contribution in [1.82, 2.24) is 24.6 Å².